The third-order valence-corrected chi connectivity index (χ3v) is 10.7. The highest BCUT2D eigenvalue weighted by Crippen LogP contribution is 2.17. The van der Waals surface area contributed by atoms with Gasteiger partial charge in [-0.1, -0.05) is 48.5 Å². The molecule has 2 fully saturated rings. The van der Waals surface area contributed by atoms with Gasteiger partial charge in [0.1, 0.15) is 0 Å². The lowest BCUT2D eigenvalue weighted by molar-refractivity contribution is 0.101. The van der Waals surface area contributed by atoms with Crippen LogP contribution in [0.15, 0.2) is 140 Å². The van der Waals surface area contributed by atoms with E-state index >= 15 is 0 Å². The van der Waals surface area contributed by atoms with E-state index in [0.717, 1.165) is 69.2 Å². The van der Waals surface area contributed by atoms with Gasteiger partial charge in [-0.05, 0) is 87.0 Å². The molecule has 2 saturated heterocycles. The molecular formula is C49H52N10O6. The summed E-state index contributed by atoms with van der Waals surface area (Å²) in [4.78, 5) is 74.6. The molecule has 8 rings (SSSR count). The zero-order chi connectivity index (χ0) is 45.2. The van der Waals surface area contributed by atoms with Crippen molar-refractivity contribution in [2.45, 2.75) is 26.3 Å². The first-order valence-electron chi connectivity index (χ1n) is 21.6. The third-order valence-electron chi connectivity index (χ3n) is 10.7. The van der Waals surface area contributed by atoms with Gasteiger partial charge in [0.05, 0.1) is 29.5 Å². The molecule has 2 N–H and O–H groups in total. The lowest BCUT2D eigenvalue weighted by atomic mass is 10.2. The van der Waals surface area contributed by atoms with E-state index in [2.05, 4.69) is 40.4 Å². The van der Waals surface area contributed by atoms with Crippen molar-refractivity contribution in [1.82, 2.24) is 39.5 Å². The number of benzene rings is 2. The zero-order valence-corrected chi connectivity index (χ0v) is 36.3. The highest BCUT2D eigenvalue weighted by Gasteiger charge is 2.24. The maximum Gasteiger partial charge on any atom is 0.416 e. The van der Waals surface area contributed by atoms with Crippen LogP contribution in [-0.4, -0.2) is 122 Å². The van der Waals surface area contributed by atoms with E-state index in [1.807, 2.05) is 61.7 Å². The van der Waals surface area contributed by atoms with Gasteiger partial charge >= 0.3 is 12.2 Å². The van der Waals surface area contributed by atoms with Crippen LogP contribution in [0.2, 0.25) is 0 Å². The summed E-state index contributed by atoms with van der Waals surface area (Å²) in [6, 6.07) is 36.3. The van der Waals surface area contributed by atoms with Crippen molar-refractivity contribution < 1.29 is 28.7 Å². The van der Waals surface area contributed by atoms with Gasteiger partial charge in [0.25, 0.3) is 11.8 Å². The van der Waals surface area contributed by atoms with E-state index in [-0.39, 0.29) is 23.6 Å². The monoisotopic (exact) mass is 876 g/mol. The van der Waals surface area contributed by atoms with Crippen LogP contribution in [0.4, 0.5) is 21.0 Å². The molecule has 2 aliphatic rings. The molecule has 0 saturated carbocycles. The number of carbonyl (C=O) groups excluding carboxylic acids is 4. The first-order chi connectivity index (χ1) is 31.7. The Hall–Kier alpha value is -7.56. The lowest BCUT2D eigenvalue weighted by Gasteiger charge is -2.33. The summed E-state index contributed by atoms with van der Waals surface area (Å²) in [5.41, 5.74) is 5.31. The molecule has 4 amide bonds. The number of piperazine rings is 2. The number of carbonyl (C=O) groups is 4. The Kier molecular flexibility index (Phi) is 16.2. The second kappa shape index (κ2) is 23.2. The molecule has 334 valence electrons. The van der Waals surface area contributed by atoms with Crippen LogP contribution in [0.25, 0.3) is 0 Å². The van der Waals surface area contributed by atoms with Gasteiger partial charge in [-0.2, -0.15) is 0 Å². The van der Waals surface area contributed by atoms with Crippen LogP contribution in [0.5, 0.6) is 11.8 Å². The van der Waals surface area contributed by atoms with E-state index in [0.29, 0.717) is 48.7 Å². The maximum atomic E-state index is 12.5. The predicted octanol–water partition coefficient (Wildman–Crippen LogP) is 6.83. The number of hydrogen-bond acceptors (Lipinski definition) is 12. The highest BCUT2D eigenvalue weighted by molar-refractivity contribution is 6.04. The van der Waals surface area contributed by atoms with Crippen molar-refractivity contribution in [3.63, 3.8) is 0 Å². The van der Waals surface area contributed by atoms with Crippen LogP contribution >= 0.6 is 0 Å². The molecular weight excluding hydrogens is 825 g/mol. The number of ether oxygens (including phenoxy) is 2. The Labute approximate surface area is 378 Å². The van der Waals surface area contributed by atoms with E-state index < -0.39 is 12.2 Å². The Morgan fingerprint density at radius 1 is 0.538 bits per heavy atom. The van der Waals surface area contributed by atoms with Crippen molar-refractivity contribution in [3.8, 4) is 11.8 Å². The summed E-state index contributed by atoms with van der Waals surface area (Å²) in [6.45, 7) is 9.26. The first kappa shape index (κ1) is 45.5. The van der Waals surface area contributed by atoms with Gasteiger partial charge in [-0.3, -0.25) is 29.4 Å². The summed E-state index contributed by atoms with van der Waals surface area (Å²) in [5, 5.41) is 5.54. The van der Waals surface area contributed by atoms with Gasteiger partial charge in [-0.25, -0.2) is 19.6 Å². The number of nitrogens with zero attached hydrogens (tertiary/aromatic N) is 8. The number of hydrogen-bond donors (Lipinski definition) is 2. The SMILES string of the molecule is Cc1cccc(CN2CCN(C(=O)Oc3ccc(NC(=O)c4ccccc4)cn3)CC2)n1.O=C(Nc1ccc(OC(=O)N2CCN(CCCc3ccccn3)CC2)nc1)c1ccccc1. The van der Waals surface area contributed by atoms with Crippen molar-refractivity contribution in [3.05, 3.63) is 168 Å². The Balaban J connectivity index is 0.000000194. The van der Waals surface area contributed by atoms with Crippen LogP contribution in [0.3, 0.4) is 0 Å². The molecule has 0 unspecified atom stereocenters. The predicted molar refractivity (Wildman–Crippen MR) is 246 cm³/mol. The molecule has 0 bridgehead atoms. The van der Waals surface area contributed by atoms with Crippen LogP contribution in [0.1, 0.15) is 44.2 Å². The molecule has 16 heteroatoms. The van der Waals surface area contributed by atoms with Gasteiger partial charge in [-0.15, -0.1) is 0 Å². The summed E-state index contributed by atoms with van der Waals surface area (Å²) in [7, 11) is 0. The highest BCUT2D eigenvalue weighted by atomic mass is 16.6. The molecule has 6 heterocycles. The minimum absolute atomic E-state index is 0.194. The quantitative estimate of drug-likeness (QED) is 0.131. The lowest BCUT2D eigenvalue weighted by Crippen LogP contribution is -2.49. The van der Waals surface area contributed by atoms with Crippen molar-refractivity contribution in [2.24, 2.45) is 0 Å². The smallest absolute Gasteiger partial charge is 0.391 e. The second-order valence-corrected chi connectivity index (χ2v) is 15.4. The van der Waals surface area contributed by atoms with Crippen molar-refractivity contribution >= 4 is 35.4 Å². The average Bonchev–Trinajstić information content (AvgIpc) is 3.34. The van der Waals surface area contributed by atoms with Crippen molar-refractivity contribution in [2.75, 3.05) is 69.5 Å². The van der Waals surface area contributed by atoms with Crippen LogP contribution < -0.4 is 20.1 Å². The normalized spacial score (nSPS) is 14.0. The van der Waals surface area contributed by atoms with E-state index in [4.69, 9.17) is 9.47 Å². The molecule has 16 nitrogen and oxygen atoms in total. The second-order valence-electron chi connectivity index (χ2n) is 15.4. The average molecular weight is 877 g/mol. The summed E-state index contributed by atoms with van der Waals surface area (Å²) in [5.74, 6) is -0.0504. The van der Waals surface area contributed by atoms with Gasteiger partial charge in [0.15, 0.2) is 0 Å². The van der Waals surface area contributed by atoms with E-state index in [1.54, 1.807) is 82.6 Å². The summed E-state index contributed by atoms with van der Waals surface area (Å²) in [6.07, 6.45) is 5.93. The fourth-order valence-corrected chi connectivity index (χ4v) is 7.11. The van der Waals surface area contributed by atoms with Gasteiger partial charge < -0.3 is 29.9 Å². The number of pyridine rings is 4. The number of amides is 4. The molecule has 2 aliphatic heterocycles. The number of aromatic nitrogens is 4. The maximum absolute atomic E-state index is 12.5. The molecule has 0 aliphatic carbocycles. The first-order valence-corrected chi connectivity index (χ1v) is 21.6. The number of rotatable bonds is 12. The van der Waals surface area contributed by atoms with Crippen molar-refractivity contribution in [1.29, 1.82) is 0 Å². The number of aryl methyl sites for hydroxylation is 2. The molecule has 0 radical (unpaired) electrons. The fourth-order valence-electron chi connectivity index (χ4n) is 7.11. The van der Waals surface area contributed by atoms with Gasteiger partial charge in [0.2, 0.25) is 11.8 Å². The summed E-state index contributed by atoms with van der Waals surface area (Å²) >= 11 is 0. The Morgan fingerprint density at radius 3 is 1.52 bits per heavy atom. The molecule has 2 aromatic carbocycles. The number of nitrogens with one attached hydrogen (secondary N) is 2. The molecule has 0 atom stereocenters. The van der Waals surface area contributed by atoms with E-state index in [1.165, 1.54) is 12.4 Å². The largest absolute Gasteiger partial charge is 0.416 e. The third kappa shape index (κ3) is 14.2. The van der Waals surface area contributed by atoms with Crippen LogP contribution in [-0.2, 0) is 13.0 Å². The Morgan fingerprint density at radius 2 is 1.05 bits per heavy atom. The fraction of sp³-hybridized carbons (Fsp3) is 0.265. The standard InChI is InChI=1S/C25H27N5O3.C24H25N5O3/c31-24(20-7-2-1-3-8-20)28-22-11-12-23(27-19-22)33-25(32)30-17-15-29(16-18-30)14-6-10-21-9-4-5-13-26-21;1-18-6-5-9-21(26-18)17-28-12-14-29(15-13-28)24(31)32-22-11-10-20(16-25-22)27-23(30)19-7-3-2-4-8-19/h1-5,7-9,11-13,19H,6,10,14-18H2,(H,28,31);2-11,16H,12-15,17H2,1H3,(H,27,30). The van der Waals surface area contributed by atoms with Gasteiger partial charge in [0, 0.05) is 99.7 Å². The molecule has 65 heavy (non-hydrogen) atoms. The molecule has 4 aromatic heterocycles. The topological polar surface area (TPSA) is 175 Å². The number of anilines is 2. The minimum atomic E-state index is -0.424. The minimum Gasteiger partial charge on any atom is -0.391 e. The molecule has 0 spiro atoms. The zero-order valence-electron chi connectivity index (χ0n) is 36.3. The van der Waals surface area contributed by atoms with E-state index in [9.17, 15) is 19.2 Å². The van der Waals surface area contributed by atoms with Crippen LogP contribution in [0, 0.1) is 6.92 Å². The summed E-state index contributed by atoms with van der Waals surface area (Å²) < 4.78 is 10.8. The Bertz CT molecular complexity index is 2450. The molecule has 6 aromatic rings.